The Morgan fingerprint density at radius 1 is 1.62 bits per heavy atom. The molecule has 1 aliphatic rings. The van der Waals surface area contributed by atoms with Crippen LogP contribution in [0.4, 0.5) is 0 Å². The van der Waals surface area contributed by atoms with E-state index in [1.807, 2.05) is 0 Å². The summed E-state index contributed by atoms with van der Waals surface area (Å²) in [7, 11) is 0. The smallest absolute Gasteiger partial charge is 0.330 e. The van der Waals surface area contributed by atoms with Crippen LogP contribution in [0.3, 0.4) is 0 Å². The molecule has 1 aromatic heterocycles. The highest BCUT2D eigenvalue weighted by Crippen LogP contribution is 2.25. The third-order valence-electron chi connectivity index (χ3n) is 2.57. The number of aromatic nitrogens is 2. The van der Waals surface area contributed by atoms with Crippen molar-refractivity contribution in [3.63, 3.8) is 0 Å². The van der Waals surface area contributed by atoms with Gasteiger partial charge in [-0.3, -0.25) is 14.3 Å². The molecule has 1 aliphatic heterocycles. The van der Waals surface area contributed by atoms with Gasteiger partial charge in [-0.15, -0.1) is 0 Å². The summed E-state index contributed by atoms with van der Waals surface area (Å²) in [5, 5.41) is 8.90. The van der Waals surface area contributed by atoms with Gasteiger partial charge < -0.3 is 9.84 Å². The van der Waals surface area contributed by atoms with Crippen molar-refractivity contribution in [1.82, 2.24) is 9.55 Å². The minimum absolute atomic E-state index is 0.104. The van der Waals surface area contributed by atoms with Gasteiger partial charge >= 0.3 is 5.69 Å². The number of aryl methyl sites for hydroxylation is 1. The van der Waals surface area contributed by atoms with Crippen molar-refractivity contribution < 1.29 is 9.84 Å². The molecule has 2 rings (SSSR count). The molecule has 0 unspecified atom stereocenters. The van der Waals surface area contributed by atoms with Crippen molar-refractivity contribution in [3.8, 4) is 0 Å². The molecule has 2 heterocycles. The Morgan fingerprint density at radius 2 is 2.38 bits per heavy atom. The standard InChI is InChI=1S/C10H13N2O4/c1-6-4-12(10(15)11-9(6)14)8-3-2-7(5-13)16-8/h2,4,7-8,13H,3,5H2,1H3,(H,11,14,15)/t7-,8+/m0/s1. The molecule has 1 saturated heterocycles. The molecule has 0 saturated carbocycles. The number of aliphatic hydroxyl groups excluding tert-OH is 1. The lowest BCUT2D eigenvalue weighted by atomic mass is 10.2. The summed E-state index contributed by atoms with van der Waals surface area (Å²) in [6.45, 7) is 1.52. The largest absolute Gasteiger partial charge is 0.394 e. The normalized spacial score (nSPS) is 24.9. The van der Waals surface area contributed by atoms with E-state index in [-0.39, 0.29) is 18.3 Å². The third-order valence-corrected chi connectivity index (χ3v) is 2.57. The van der Waals surface area contributed by atoms with E-state index in [2.05, 4.69) is 4.98 Å². The molecule has 6 nitrogen and oxygen atoms in total. The van der Waals surface area contributed by atoms with Crippen LogP contribution in [0.1, 0.15) is 18.2 Å². The lowest BCUT2D eigenvalue weighted by Crippen LogP contribution is -2.33. The molecule has 0 aliphatic carbocycles. The Kier molecular flexibility index (Phi) is 2.93. The first-order valence-electron chi connectivity index (χ1n) is 5.03. The summed E-state index contributed by atoms with van der Waals surface area (Å²) in [6.07, 6.45) is 3.03. The van der Waals surface area contributed by atoms with Crippen LogP contribution in [0, 0.1) is 13.3 Å². The highest BCUT2D eigenvalue weighted by Gasteiger charge is 2.27. The van der Waals surface area contributed by atoms with Gasteiger partial charge in [0.05, 0.1) is 12.7 Å². The topological polar surface area (TPSA) is 84.3 Å². The molecule has 0 bridgehead atoms. The minimum Gasteiger partial charge on any atom is -0.394 e. The van der Waals surface area contributed by atoms with Crippen molar-refractivity contribution in [3.05, 3.63) is 39.0 Å². The lowest BCUT2D eigenvalue weighted by molar-refractivity contribution is -0.0195. The molecular formula is C10H13N2O4. The molecule has 6 heteroatoms. The monoisotopic (exact) mass is 225 g/mol. The Morgan fingerprint density at radius 3 is 3.00 bits per heavy atom. The molecular weight excluding hydrogens is 212 g/mol. The van der Waals surface area contributed by atoms with Crippen molar-refractivity contribution in [2.45, 2.75) is 25.7 Å². The fourth-order valence-electron chi connectivity index (χ4n) is 1.68. The molecule has 1 radical (unpaired) electrons. The number of ether oxygens (including phenoxy) is 1. The maximum Gasteiger partial charge on any atom is 0.330 e. The van der Waals surface area contributed by atoms with Crippen molar-refractivity contribution in [2.24, 2.45) is 0 Å². The van der Waals surface area contributed by atoms with Gasteiger partial charge in [0.2, 0.25) is 0 Å². The Hall–Kier alpha value is -1.40. The van der Waals surface area contributed by atoms with Crippen LogP contribution in [0.5, 0.6) is 0 Å². The van der Waals surface area contributed by atoms with E-state index in [1.54, 1.807) is 13.3 Å². The van der Waals surface area contributed by atoms with Crippen LogP contribution >= 0.6 is 0 Å². The van der Waals surface area contributed by atoms with Crippen molar-refractivity contribution in [2.75, 3.05) is 6.61 Å². The average molecular weight is 225 g/mol. The van der Waals surface area contributed by atoms with Gasteiger partial charge in [-0.1, -0.05) is 0 Å². The van der Waals surface area contributed by atoms with Crippen LogP contribution in [0.25, 0.3) is 0 Å². The van der Waals surface area contributed by atoms with Crippen LogP contribution in [0.15, 0.2) is 15.8 Å². The summed E-state index contributed by atoms with van der Waals surface area (Å²) >= 11 is 0. The van der Waals surface area contributed by atoms with Crippen LogP contribution < -0.4 is 11.2 Å². The first kappa shape index (κ1) is 11.1. The van der Waals surface area contributed by atoms with E-state index < -0.39 is 11.9 Å². The number of rotatable bonds is 2. The summed E-state index contributed by atoms with van der Waals surface area (Å²) in [5.74, 6) is 0. The highest BCUT2D eigenvalue weighted by molar-refractivity contribution is 5.02. The number of hydrogen-bond donors (Lipinski definition) is 2. The molecule has 1 aromatic rings. The van der Waals surface area contributed by atoms with E-state index >= 15 is 0 Å². The van der Waals surface area contributed by atoms with Crippen molar-refractivity contribution >= 4 is 0 Å². The fourth-order valence-corrected chi connectivity index (χ4v) is 1.68. The van der Waals surface area contributed by atoms with Gasteiger partial charge in [-0.05, 0) is 19.8 Å². The number of aliphatic hydroxyl groups is 1. The van der Waals surface area contributed by atoms with E-state index in [0.717, 1.165) is 0 Å². The zero-order chi connectivity index (χ0) is 11.7. The van der Waals surface area contributed by atoms with Crippen LogP contribution in [-0.2, 0) is 4.74 Å². The SMILES string of the molecule is Cc1cn([C@H]2C[CH][C@@H](CO)O2)c(=O)[nH]c1=O. The maximum atomic E-state index is 11.5. The Balaban J connectivity index is 2.32. The first-order chi connectivity index (χ1) is 7.61. The lowest BCUT2D eigenvalue weighted by Gasteiger charge is -2.14. The number of nitrogens with zero attached hydrogens (tertiary/aromatic N) is 1. The number of nitrogens with one attached hydrogen (secondary N) is 1. The molecule has 87 valence electrons. The van der Waals surface area contributed by atoms with Gasteiger partial charge in [0.15, 0.2) is 0 Å². The van der Waals surface area contributed by atoms with Gasteiger partial charge in [0, 0.05) is 11.8 Å². The quantitative estimate of drug-likeness (QED) is 0.699. The zero-order valence-electron chi connectivity index (χ0n) is 8.84. The van der Waals surface area contributed by atoms with Gasteiger partial charge in [0.1, 0.15) is 6.23 Å². The highest BCUT2D eigenvalue weighted by atomic mass is 16.5. The molecule has 0 amide bonds. The molecule has 1 fully saturated rings. The van der Waals surface area contributed by atoms with Gasteiger partial charge in [-0.25, -0.2) is 4.79 Å². The van der Waals surface area contributed by atoms with Crippen LogP contribution in [-0.4, -0.2) is 27.4 Å². The average Bonchev–Trinajstić information content (AvgIpc) is 2.71. The second kappa shape index (κ2) is 4.23. The molecule has 2 N–H and O–H groups in total. The second-order valence-electron chi connectivity index (χ2n) is 3.76. The number of hydrogen-bond acceptors (Lipinski definition) is 4. The fraction of sp³-hybridized carbons (Fsp3) is 0.500. The second-order valence-corrected chi connectivity index (χ2v) is 3.76. The molecule has 2 atom stereocenters. The van der Waals surface area contributed by atoms with E-state index in [9.17, 15) is 9.59 Å². The number of aromatic amines is 1. The molecule has 0 aromatic carbocycles. The zero-order valence-corrected chi connectivity index (χ0v) is 8.84. The summed E-state index contributed by atoms with van der Waals surface area (Å²) in [4.78, 5) is 24.9. The van der Waals surface area contributed by atoms with Crippen LogP contribution in [0.2, 0.25) is 0 Å². The van der Waals surface area contributed by atoms with Crippen molar-refractivity contribution in [1.29, 1.82) is 0 Å². The number of H-pyrrole nitrogens is 1. The molecule has 0 spiro atoms. The van der Waals surface area contributed by atoms with E-state index in [1.165, 1.54) is 10.8 Å². The van der Waals surface area contributed by atoms with E-state index in [4.69, 9.17) is 9.84 Å². The maximum absolute atomic E-state index is 11.5. The van der Waals surface area contributed by atoms with Gasteiger partial charge in [-0.2, -0.15) is 0 Å². The Labute approximate surface area is 91.5 Å². The summed E-state index contributed by atoms with van der Waals surface area (Å²) in [5.41, 5.74) is -0.426. The minimum atomic E-state index is -0.493. The predicted octanol–water partition coefficient (Wildman–Crippen LogP) is -0.671. The van der Waals surface area contributed by atoms with Gasteiger partial charge in [0.25, 0.3) is 5.56 Å². The summed E-state index contributed by atoms with van der Waals surface area (Å²) < 4.78 is 6.74. The Bertz CT molecular complexity index is 490. The molecule has 16 heavy (non-hydrogen) atoms. The van der Waals surface area contributed by atoms with E-state index in [0.29, 0.717) is 12.0 Å². The first-order valence-corrected chi connectivity index (χ1v) is 5.03. The predicted molar refractivity (Wildman–Crippen MR) is 56.0 cm³/mol. The third kappa shape index (κ3) is 1.94. The summed E-state index contributed by atoms with van der Waals surface area (Å²) in [6, 6.07) is 0.